The normalized spacial score (nSPS) is 13.4. The molecule has 0 saturated carbocycles. The fourth-order valence-corrected chi connectivity index (χ4v) is 0.455. The van der Waals surface area contributed by atoms with Gasteiger partial charge < -0.3 is 10.8 Å². The Balaban J connectivity index is 4.61. The summed E-state index contributed by atoms with van der Waals surface area (Å²) in [5.74, 6) is -1.05. The molecule has 0 saturated heterocycles. The minimum absolute atomic E-state index is 0.0440. The molecule has 0 atom stereocenters. The molecule has 0 aromatic heterocycles. The molecule has 10 heavy (non-hydrogen) atoms. The van der Waals surface area contributed by atoms with Crippen molar-refractivity contribution in [3.63, 3.8) is 0 Å². The Hall–Kier alpha value is -1.32. The molecule has 0 aromatic rings. The van der Waals surface area contributed by atoms with Crippen molar-refractivity contribution < 1.29 is 9.90 Å². The lowest BCUT2D eigenvalue weighted by Gasteiger charge is -1.94. The minimum atomic E-state index is -1.05. The van der Waals surface area contributed by atoms with E-state index in [0.29, 0.717) is 0 Å². The van der Waals surface area contributed by atoms with Crippen molar-refractivity contribution in [2.24, 2.45) is 10.7 Å². The third-order valence-corrected chi connectivity index (χ3v) is 0.913. The molecule has 0 aliphatic rings. The minimum Gasteiger partial charge on any atom is -0.478 e. The summed E-state index contributed by atoms with van der Waals surface area (Å²) in [5.41, 5.74) is 5.54. The highest BCUT2D eigenvalue weighted by Crippen LogP contribution is 1.94. The fraction of sp³-hybridized carbons (Fsp3) is 0.333. The van der Waals surface area contributed by atoms with E-state index in [9.17, 15) is 4.79 Å². The molecule has 3 N–H and O–H groups in total. The number of carbonyl (C=O) groups is 1. The summed E-state index contributed by atoms with van der Waals surface area (Å²) < 4.78 is 0. The van der Waals surface area contributed by atoms with Gasteiger partial charge in [-0.3, -0.25) is 4.99 Å². The molecule has 4 heteroatoms. The number of rotatable bonds is 2. The molecule has 0 rings (SSSR count). The Labute approximate surface area is 59.1 Å². The average Bonchev–Trinajstić information content (AvgIpc) is 1.81. The number of aliphatic carboxylic acids is 1. The van der Waals surface area contributed by atoms with Crippen molar-refractivity contribution >= 4 is 12.2 Å². The van der Waals surface area contributed by atoms with Gasteiger partial charge in [-0.1, -0.05) is 0 Å². The smallest absolute Gasteiger partial charge is 0.339 e. The third-order valence-electron chi connectivity index (χ3n) is 0.913. The predicted molar refractivity (Wildman–Crippen MR) is 38.9 cm³/mol. The van der Waals surface area contributed by atoms with Crippen molar-refractivity contribution in [3.05, 3.63) is 11.3 Å². The van der Waals surface area contributed by atoms with Crippen LogP contribution in [0.25, 0.3) is 0 Å². The van der Waals surface area contributed by atoms with E-state index in [4.69, 9.17) is 10.8 Å². The number of nitrogens with two attached hydrogens (primary N) is 1. The number of hydrogen-bond donors (Lipinski definition) is 2. The summed E-state index contributed by atoms with van der Waals surface area (Å²) in [5, 5.41) is 8.45. The van der Waals surface area contributed by atoms with Crippen LogP contribution in [0.4, 0.5) is 0 Å². The SMILES string of the molecule is CN=CC(C(=O)O)=C(C)N. The van der Waals surface area contributed by atoms with Gasteiger partial charge in [-0.2, -0.15) is 0 Å². The molecular formula is C6H10N2O2. The van der Waals surface area contributed by atoms with Crippen molar-refractivity contribution in [2.75, 3.05) is 7.05 Å². The summed E-state index contributed by atoms with van der Waals surface area (Å²) in [7, 11) is 1.49. The second kappa shape index (κ2) is 3.66. The first-order valence-electron chi connectivity index (χ1n) is 2.71. The Morgan fingerprint density at radius 3 is 2.30 bits per heavy atom. The van der Waals surface area contributed by atoms with Crippen molar-refractivity contribution in [2.45, 2.75) is 6.92 Å². The van der Waals surface area contributed by atoms with Gasteiger partial charge in [0.25, 0.3) is 0 Å². The predicted octanol–water partition coefficient (Wildman–Crippen LogP) is 0.00430. The first kappa shape index (κ1) is 8.68. The fourth-order valence-electron chi connectivity index (χ4n) is 0.455. The van der Waals surface area contributed by atoms with Crippen LogP contribution in [-0.2, 0) is 4.79 Å². The molecule has 0 unspecified atom stereocenters. The topological polar surface area (TPSA) is 75.7 Å². The first-order valence-corrected chi connectivity index (χ1v) is 2.71. The van der Waals surface area contributed by atoms with Gasteiger partial charge in [-0.05, 0) is 6.92 Å². The van der Waals surface area contributed by atoms with E-state index in [1.165, 1.54) is 20.2 Å². The largest absolute Gasteiger partial charge is 0.478 e. The molecule has 0 amide bonds. The summed E-state index contributed by atoms with van der Waals surface area (Å²) in [4.78, 5) is 13.8. The lowest BCUT2D eigenvalue weighted by Crippen LogP contribution is -2.09. The highest BCUT2D eigenvalue weighted by molar-refractivity contribution is 6.09. The van der Waals surface area contributed by atoms with E-state index in [1.54, 1.807) is 0 Å². The van der Waals surface area contributed by atoms with E-state index in [1.807, 2.05) is 0 Å². The highest BCUT2D eigenvalue weighted by Gasteiger charge is 2.04. The maximum Gasteiger partial charge on any atom is 0.339 e. The van der Waals surface area contributed by atoms with Gasteiger partial charge in [-0.25, -0.2) is 4.79 Å². The maximum absolute atomic E-state index is 10.3. The zero-order valence-electron chi connectivity index (χ0n) is 5.96. The van der Waals surface area contributed by atoms with E-state index in [2.05, 4.69) is 4.99 Å². The molecule has 0 fully saturated rings. The third kappa shape index (κ3) is 2.30. The van der Waals surface area contributed by atoms with Crippen LogP contribution in [0.2, 0.25) is 0 Å². The summed E-state index contributed by atoms with van der Waals surface area (Å²) >= 11 is 0. The van der Waals surface area contributed by atoms with Gasteiger partial charge >= 0.3 is 5.97 Å². The zero-order chi connectivity index (χ0) is 8.15. The van der Waals surface area contributed by atoms with Gasteiger partial charge in [0.15, 0.2) is 0 Å². The van der Waals surface area contributed by atoms with E-state index < -0.39 is 5.97 Å². The molecule has 0 bridgehead atoms. The van der Waals surface area contributed by atoms with Gasteiger partial charge in [0.1, 0.15) is 0 Å². The Morgan fingerprint density at radius 1 is 1.70 bits per heavy atom. The summed E-state index contributed by atoms with van der Waals surface area (Å²) in [6.45, 7) is 1.52. The number of allylic oxidation sites excluding steroid dienone is 1. The lowest BCUT2D eigenvalue weighted by atomic mass is 10.2. The Morgan fingerprint density at radius 2 is 2.20 bits per heavy atom. The quantitative estimate of drug-likeness (QED) is 0.421. The van der Waals surface area contributed by atoms with Crippen LogP contribution in [0.5, 0.6) is 0 Å². The van der Waals surface area contributed by atoms with E-state index >= 15 is 0 Å². The molecule has 0 aliphatic carbocycles. The van der Waals surface area contributed by atoms with Crippen LogP contribution in [0, 0.1) is 0 Å². The molecule has 0 aliphatic heterocycles. The van der Waals surface area contributed by atoms with Crippen molar-refractivity contribution in [1.82, 2.24) is 0 Å². The monoisotopic (exact) mass is 142 g/mol. The van der Waals surface area contributed by atoms with Crippen LogP contribution >= 0.6 is 0 Å². The van der Waals surface area contributed by atoms with Crippen molar-refractivity contribution in [3.8, 4) is 0 Å². The Kier molecular flexibility index (Phi) is 3.17. The van der Waals surface area contributed by atoms with Gasteiger partial charge in [0, 0.05) is 19.0 Å². The molecule has 0 radical (unpaired) electrons. The molecule has 0 aromatic carbocycles. The average molecular weight is 142 g/mol. The zero-order valence-corrected chi connectivity index (χ0v) is 5.96. The van der Waals surface area contributed by atoms with Gasteiger partial charge in [0.05, 0.1) is 5.57 Å². The molecular weight excluding hydrogens is 132 g/mol. The van der Waals surface area contributed by atoms with E-state index in [-0.39, 0.29) is 11.3 Å². The lowest BCUT2D eigenvalue weighted by molar-refractivity contribution is -0.132. The first-order chi connectivity index (χ1) is 4.59. The van der Waals surface area contributed by atoms with Gasteiger partial charge in [-0.15, -0.1) is 0 Å². The molecule has 0 spiro atoms. The van der Waals surface area contributed by atoms with Gasteiger partial charge in [0.2, 0.25) is 0 Å². The standard InChI is InChI=1S/C6H10N2O2/c1-4(7)5(3-8-2)6(9)10/h3H,7H2,1-2H3,(H,9,10). The molecule has 4 nitrogen and oxygen atoms in total. The molecule has 56 valence electrons. The summed E-state index contributed by atoms with van der Waals surface area (Å²) in [6.07, 6.45) is 1.22. The highest BCUT2D eigenvalue weighted by atomic mass is 16.4. The van der Waals surface area contributed by atoms with E-state index in [0.717, 1.165) is 0 Å². The van der Waals surface area contributed by atoms with Crippen LogP contribution < -0.4 is 5.73 Å². The van der Waals surface area contributed by atoms with Crippen LogP contribution in [-0.4, -0.2) is 24.3 Å². The van der Waals surface area contributed by atoms with Crippen LogP contribution in [0.1, 0.15) is 6.92 Å². The Bertz CT molecular complexity index is 190. The maximum atomic E-state index is 10.3. The second-order valence-electron chi connectivity index (χ2n) is 1.79. The number of hydrogen-bond acceptors (Lipinski definition) is 3. The number of carboxylic acids is 1. The molecule has 0 heterocycles. The summed E-state index contributed by atoms with van der Waals surface area (Å²) in [6, 6.07) is 0. The number of aliphatic imine (C=N–C) groups is 1. The van der Waals surface area contributed by atoms with Crippen LogP contribution in [0.15, 0.2) is 16.3 Å². The number of nitrogens with zero attached hydrogens (tertiary/aromatic N) is 1. The number of carboxylic acid groups (broad SMARTS) is 1. The van der Waals surface area contributed by atoms with Crippen LogP contribution in [0.3, 0.4) is 0 Å². The van der Waals surface area contributed by atoms with Crippen molar-refractivity contribution in [1.29, 1.82) is 0 Å². The second-order valence-corrected chi connectivity index (χ2v) is 1.79.